The van der Waals surface area contributed by atoms with Crippen LogP contribution >= 0.6 is 0 Å². The number of esters is 1. The Morgan fingerprint density at radius 2 is 2.24 bits per heavy atom. The van der Waals surface area contributed by atoms with Gasteiger partial charge in [0.2, 0.25) is 5.91 Å². The number of amides is 1. The van der Waals surface area contributed by atoms with Crippen molar-refractivity contribution in [2.75, 3.05) is 13.7 Å². The van der Waals surface area contributed by atoms with E-state index in [0.717, 1.165) is 19.4 Å². The highest BCUT2D eigenvalue weighted by atomic mass is 16.5. The first-order valence-electron chi connectivity index (χ1n) is 6.15. The van der Waals surface area contributed by atoms with E-state index < -0.39 is 0 Å². The smallest absolute Gasteiger partial charge is 0.323 e. The first-order chi connectivity index (χ1) is 8.04. The van der Waals surface area contributed by atoms with Crippen LogP contribution in [-0.2, 0) is 14.3 Å². The lowest BCUT2D eigenvalue weighted by atomic mass is 10.0. The molecule has 0 aliphatic carbocycles. The van der Waals surface area contributed by atoms with Gasteiger partial charge in [-0.25, -0.2) is 0 Å². The molecule has 0 bridgehead atoms. The first-order valence-corrected chi connectivity index (χ1v) is 6.15. The van der Waals surface area contributed by atoms with Gasteiger partial charge in [0.1, 0.15) is 6.04 Å². The monoisotopic (exact) mass is 242 g/mol. The summed E-state index contributed by atoms with van der Waals surface area (Å²) in [6, 6.07) is -0.278. The van der Waals surface area contributed by atoms with Crippen LogP contribution in [0.3, 0.4) is 0 Å². The Kier molecular flexibility index (Phi) is 5.41. The van der Waals surface area contributed by atoms with E-state index in [9.17, 15) is 9.59 Å². The summed E-state index contributed by atoms with van der Waals surface area (Å²) in [6.45, 7) is 4.65. The van der Waals surface area contributed by atoms with Gasteiger partial charge in [-0.2, -0.15) is 0 Å². The highest BCUT2D eigenvalue weighted by molar-refractivity contribution is 5.78. The van der Waals surface area contributed by atoms with Crippen LogP contribution in [0.5, 0.6) is 0 Å². The van der Waals surface area contributed by atoms with Crippen molar-refractivity contribution >= 4 is 11.9 Å². The topological polar surface area (TPSA) is 67.4 Å². The van der Waals surface area contributed by atoms with Crippen molar-refractivity contribution in [2.24, 2.45) is 5.92 Å². The second kappa shape index (κ2) is 6.59. The molecule has 2 N–H and O–H groups in total. The fraction of sp³-hybridized carbons (Fsp3) is 0.833. The van der Waals surface area contributed by atoms with E-state index >= 15 is 0 Å². The van der Waals surface area contributed by atoms with Crippen LogP contribution in [0.25, 0.3) is 0 Å². The fourth-order valence-electron chi connectivity index (χ4n) is 2.03. The zero-order chi connectivity index (χ0) is 12.8. The minimum atomic E-state index is -0.337. The number of carbonyl (C=O) groups is 2. The molecule has 0 aromatic heterocycles. The van der Waals surface area contributed by atoms with Crippen molar-refractivity contribution in [1.82, 2.24) is 10.6 Å². The molecule has 0 saturated carbocycles. The Bertz CT molecular complexity index is 279. The minimum absolute atomic E-state index is 0.0485. The van der Waals surface area contributed by atoms with Crippen LogP contribution in [0.4, 0.5) is 0 Å². The van der Waals surface area contributed by atoms with Crippen molar-refractivity contribution < 1.29 is 14.3 Å². The Balaban J connectivity index is 2.59. The molecule has 1 aliphatic heterocycles. The average molecular weight is 242 g/mol. The van der Waals surface area contributed by atoms with Gasteiger partial charge in [-0.3, -0.25) is 9.59 Å². The van der Waals surface area contributed by atoms with Gasteiger partial charge < -0.3 is 15.4 Å². The summed E-state index contributed by atoms with van der Waals surface area (Å²) in [4.78, 5) is 23.0. The molecule has 0 radical (unpaired) electrons. The molecule has 1 aliphatic rings. The SMILES string of the molecule is COC(=O)C(NC1CCCNC(=O)C1)C(C)C. The zero-order valence-electron chi connectivity index (χ0n) is 10.8. The van der Waals surface area contributed by atoms with E-state index in [2.05, 4.69) is 10.6 Å². The number of rotatable bonds is 4. The summed E-state index contributed by atoms with van der Waals surface area (Å²) in [6.07, 6.45) is 2.27. The average Bonchev–Trinajstić information content (AvgIpc) is 2.49. The lowest BCUT2D eigenvalue weighted by Gasteiger charge is -2.25. The van der Waals surface area contributed by atoms with Crippen molar-refractivity contribution in [3.63, 3.8) is 0 Å². The van der Waals surface area contributed by atoms with E-state index in [1.807, 2.05) is 13.8 Å². The Morgan fingerprint density at radius 1 is 1.53 bits per heavy atom. The van der Waals surface area contributed by atoms with Crippen LogP contribution in [-0.4, -0.2) is 37.6 Å². The van der Waals surface area contributed by atoms with E-state index in [0.29, 0.717) is 6.42 Å². The van der Waals surface area contributed by atoms with Gasteiger partial charge in [0.15, 0.2) is 0 Å². The van der Waals surface area contributed by atoms with E-state index in [1.54, 1.807) is 0 Å². The largest absolute Gasteiger partial charge is 0.468 e. The molecular formula is C12H22N2O3. The van der Waals surface area contributed by atoms with Gasteiger partial charge in [-0.15, -0.1) is 0 Å². The summed E-state index contributed by atoms with van der Waals surface area (Å²) in [7, 11) is 1.39. The predicted octanol–water partition coefficient (Wildman–Crippen LogP) is 0.442. The number of ether oxygens (including phenoxy) is 1. The second-order valence-corrected chi connectivity index (χ2v) is 4.80. The number of nitrogens with one attached hydrogen (secondary N) is 2. The maximum atomic E-state index is 11.6. The van der Waals surface area contributed by atoms with Gasteiger partial charge >= 0.3 is 5.97 Å². The van der Waals surface area contributed by atoms with Crippen molar-refractivity contribution in [1.29, 1.82) is 0 Å². The quantitative estimate of drug-likeness (QED) is 0.702. The molecular weight excluding hydrogens is 220 g/mol. The van der Waals surface area contributed by atoms with Gasteiger partial charge in [-0.1, -0.05) is 13.8 Å². The third-order valence-corrected chi connectivity index (χ3v) is 3.02. The maximum Gasteiger partial charge on any atom is 0.323 e. The summed E-state index contributed by atoms with van der Waals surface area (Å²) in [5, 5.41) is 6.07. The molecule has 2 atom stereocenters. The molecule has 1 saturated heterocycles. The van der Waals surface area contributed by atoms with Crippen LogP contribution < -0.4 is 10.6 Å². The van der Waals surface area contributed by atoms with Gasteiger partial charge in [-0.05, 0) is 18.8 Å². The molecule has 17 heavy (non-hydrogen) atoms. The van der Waals surface area contributed by atoms with Crippen LogP contribution in [0.2, 0.25) is 0 Å². The normalized spacial score (nSPS) is 22.8. The Morgan fingerprint density at radius 3 is 2.82 bits per heavy atom. The van der Waals surface area contributed by atoms with Crippen molar-refractivity contribution in [2.45, 2.75) is 45.2 Å². The minimum Gasteiger partial charge on any atom is -0.468 e. The third kappa shape index (κ3) is 4.34. The highest BCUT2D eigenvalue weighted by Crippen LogP contribution is 2.11. The first kappa shape index (κ1) is 14.0. The van der Waals surface area contributed by atoms with Gasteiger partial charge in [0.05, 0.1) is 7.11 Å². The van der Waals surface area contributed by atoms with Crippen LogP contribution in [0, 0.1) is 5.92 Å². The maximum absolute atomic E-state index is 11.6. The van der Waals surface area contributed by atoms with Crippen LogP contribution in [0.15, 0.2) is 0 Å². The lowest BCUT2D eigenvalue weighted by Crippen LogP contribution is -2.47. The summed E-state index contributed by atoms with van der Waals surface area (Å²) in [5.41, 5.74) is 0. The Labute approximate surface area is 102 Å². The van der Waals surface area contributed by atoms with E-state index in [1.165, 1.54) is 7.11 Å². The molecule has 1 amide bonds. The molecule has 0 aromatic carbocycles. The van der Waals surface area contributed by atoms with Crippen LogP contribution in [0.1, 0.15) is 33.1 Å². The second-order valence-electron chi connectivity index (χ2n) is 4.80. The molecule has 2 unspecified atom stereocenters. The van der Waals surface area contributed by atoms with Gasteiger partial charge in [0.25, 0.3) is 0 Å². The van der Waals surface area contributed by atoms with E-state index in [-0.39, 0.29) is 29.9 Å². The zero-order valence-corrected chi connectivity index (χ0v) is 10.8. The number of methoxy groups -OCH3 is 1. The molecule has 1 heterocycles. The molecule has 98 valence electrons. The summed E-state index contributed by atoms with van der Waals surface area (Å²) >= 11 is 0. The molecule has 0 aromatic rings. The summed E-state index contributed by atoms with van der Waals surface area (Å²) in [5.74, 6) is -0.0641. The molecule has 5 nitrogen and oxygen atoms in total. The summed E-state index contributed by atoms with van der Waals surface area (Å²) < 4.78 is 4.77. The molecule has 1 rings (SSSR count). The predicted molar refractivity (Wildman–Crippen MR) is 64.4 cm³/mol. The molecule has 1 fully saturated rings. The van der Waals surface area contributed by atoms with E-state index in [4.69, 9.17) is 4.74 Å². The highest BCUT2D eigenvalue weighted by Gasteiger charge is 2.27. The lowest BCUT2D eigenvalue weighted by molar-refractivity contribution is -0.144. The molecule has 5 heteroatoms. The fourth-order valence-corrected chi connectivity index (χ4v) is 2.03. The number of carbonyl (C=O) groups excluding carboxylic acids is 2. The Hall–Kier alpha value is -1.10. The third-order valence-electron chi connectivity index (χ3n) is 3.02. The standard InChI is InChI=1S/C12H22N2O3/c1-8(2)11(12(16)17-3)14-9-5-4-6-13-10(15)7-9/h8-9,11,14H,4-7H2,1-3H3,(H,13,15). The van der Waals surface area contributed by atoms with Crippen molar-refractivity contribution in [3.8, 4) is 0 Å². The number of hydrogen-bond acceptors (Lipinski definition) is 4. The van der Waals surface area contributed by atoms with Crippen molar-refractivity contribution in [3.05, 3.63) is 0 Å². The van der Waals surface area contributed by atoms with Gasteiger partial charge in [0, 0.05) is 19.0 Å². The number of hydrogen-bond donors (Lipinski definition) is 2. The molecule has 0 spiro atoms.